The van der Waals surface area contributed by atoms with Gasteiger partial charge in [0.1, 0.15) is 5.01 Å². The molecule has 1 N–H and O–H groups in total. The molecular formula is C11H10BrN3O2S. The molecule has 0 aliphatic carbocycles. The normalized spacial score (nSPS) is 10.3. The van der Waals surface area contributed by atoms with E-state index in [4.69, 9.17) is 0 Å². The maximum absolute atomic E-state index is 10.9. The minimum absolute atomic E-state index is 0.111. The van der Waals surface area contributed by atoms with E-state index in [1.807, 2.05) is 5.38 Å². The number of benzene rings is 1. The van der Waals surface area contributed by atoms with Crippen molar-refractivity contribution in [1.82, 2.24) is 4.98 Å². The molecule has 0 amide bonds. The molecule has 1 heterocycles. The predicted molar refractivity (Wildman–Crippen MR) is 75.0 cm³/mol. The van der Waals surface area contributed by atoms with Gasteiger partial charge in [-0.25, -0.2) is 4.98 Å². The van der Waals surface area contributed by atoms with Crippen LogP contribution >= 0.6 is 27.3 Å². The average Bonchev–Trinajstić information content (AvgIpc) is 2.80. The number of rotatable bonds is 4. The van der Waals surface area contributed by atoms with E-state index in [1.165, 1.54) is 17.4 Å². The van der Waals surface area contributed by atoms with Gasteiger partial charge in [-0.3, -0.25) is 10.1 Å². The highest BCUT2D eigenvalue weighted by atomic mass is 79.9. The van der Waals surface area contributed by atoms with E-state index in [0.29, 0.717) is 17.8 Å². The molecule has 0 unspecified atom stereocenters. The summed E-state index contributed by atoms with van der Waals surface area (Å²) in [5.41, 5.74) is 1.44. The molecule has 0 aliphatic rings. The Morgan fingerprint density at radius 1 is 1.56 bits per heavy atom. The van der Waals surface area contributed by atoms with Crippen molar-refractivity contribution >= 4 is 38.6 Å². The van der Waals surface area contributed by atoms with Crippen LogP contribution in [0.25, 0.3) is 0 Å². The summed E-state index contributed by atoms with van der Waals surface area (Å²) in [4.78, 5) is 14.6. The van der Waals surface area contributed by atoms with Crippen LogP contribution in [0.2, 0.25) is 0 Å². The number of halogens is 1. The quantitative estimate of drug-likeness (QED) is 0.686. The second kappa shape index (κ2) is 5.45. The van der Waals surface area contributed by atoms with Crippen molar-refractivity contribution in [2.45, 2.75) is 13.5 Å². The van der Waals surface area contributed by atoms with Crippen molar-refractivity contribution in [3.05, 3.63) is 48.9 Å². The molecule has 0 saturated carbocycles. The van der Waals surface area contributed by atoms with Gasteiger partial charge < -0.3 is 5.32 Å². The van der Waals surface area contributed by atoms with E-state index in [2.05, 4.69) is 26.2 Å². The summed E-state index contributed by atoms with van der Waals surface area (Å²) in [6, 6.07) is 3.27. The fourth-order valence-electron chi connectivity index (χ4n) is 1.50. The number of hydrogen-bond acceptors (Lipinski definition) is 5. The third-order valence-corrected chi connectivity index (χ3v) is 3.83. The number of nitro groups is 1. The zero-order valence-electron chi connectivity index (χ0n) is 9.51. The maximum atomic E-state index is 10.9. The first-order valence-corrected chi connectivity index (χ1v) is 6.82. The summed E-state index contributed by atoms with van der Waals surface area (Å²) in [7, 11) is 0. The lowest BCUT2D eigenvalue weighted by Crippen LogP contribution is -2.01. The third kappa shape index (κ3) is 2.85. The number of thiazole rings is 1. The monoisotopic (exact) mass is 327 g/mol. The van der Waals surface area contributed by atoms with Crippen LogP contribution < -0.4 is 5.32 Å². The summed E-state index contributed by atoms with van der Waals surface area (Å²) in [6.07, 6.45) is 1.73. The van der Waals surface area contributed by atoms with Crippen LogP contribution in [0.1, 0.15) is 10.6 Å². The first-order chi connectivity index (χ1) is 8.58. The van der Waals surface area contributed by atoms with E-state index in [0.717, 1.165) is 9.48 Å². The first kappa shape index (κ1) is 13.0. The number of nitrogens with one attached hydrogen (secondary N) is 1. The Labute approximate surface area is 116 Å². The Hall–Kier alpha value is -1.47. The molecule has 0 radical (unpaired) electrons. The van der Waals surface area contributed by atoms with Crippen LogP contribution in [-0.4, -0.2) is 9.91 Å². The van der Waals surface area contributed by atoms with Crippen molar-refractivity contribution in [2.75, 3.05) is 5.32 Å². The zero-order valence-corrected chi connectivity index (χ0v) is 11.9. The Balaban J connectivity index is 2.22. The summed E-state index contributed by atoms with van der Waals surface area (Å²) < 4.78 is 0.808. The fraction of sp³-hybridized carbons (Fsp3) is 0.182. The Morgan fingerprint density at radius 3 is 2.94 bits per heavy atom. The van der Waals surface area contributed by atoms with Gasteiger partial charge in [0.05, 0.1) is 17.2 Å². The van der Waals surface area contributed by atoms with Crippen LogP contribution in [0.15, 0.2) is 28.2 Å². The minimum atomic E-state index is -0.379. The number of nitrogens with zero attached hydrogens (tertiary/aromatic N) is 2. The Bertz CT molecular complexity index is 572. The molecular weight excluding hydrogens is 318 g/mol. The second-order valence-corrected chi connectivity index (χ2v) is 5.49. The van der Waals surface area contributed by atoms with Crippen LogP contribution in [0.5, 0.6) is 0 Å². The van der Waals surface area contributed by atoms with E-state index >= 15 is 0 Å². The number of nitro benzene ring substituents is 1. The molecule has 1 aromatic heterocycles. The van der Waals surface area contributed by atoms with Crippen molar-refractivity contribution < 1.29 is 4.92 Å². The molecule has 0 saturated heterocycles. The highest BCUT2D eigenvalue weighted by molar-refractivity contribution is 9.10. The molecule has 0 bridgehead atoms. The topological polar surface area (TPSA) is 68.1 Å². The Morgan fingerprint density at radius 2 is 2.33 bits per heavy atom. The Kier molecular flexibility index (Phi) is 3.93. The van der Waals surface area contributed by atoms with Gasteiger partial charge in [0, 0.05) is 27.7 Å². The smallest absolute Gasteiger partial charge is 0.274 e. The molecule has 7 heteroatoms. The average molecular weight is 328 g/mol. The van der Waals surface area contributed by atoms with Crippen molar-refractivity contribution in [3.63, 3.8) is 0 Å². The van der Waals surface area contributed by atoms with E-state index in [-0.39, 0.29) is 10.6 Å². The molecule has 0 aliphatic heterocycles. The van der Waals surface area contributed by atoms with Crippen LogP contribution in [0.3, 0.4) is 0 Å². The van der Waals surface area contributed by atoms with Crippen LogP contribution in [0, 0.1) is 17.0 Å². The highest BCUT2D eigenvalue weighted by Gasteiger charge is 2.14. The van der Waals surface area contributed by atoms with Gasteiger partial charge in [0.15, 0.2) is 0 Å². The molecule has 0 spiro atoms. The lowest BCUT2D eigenvalue weighted by molar-refractivity contribution is -0.385. The largest absolute Gasteiger partial charge is 0.377 e. The molecule has 2 rings (SSSR count). The predicted octanol–water partition coefficient (Wildman–Crippen LogP) is 3.73. The fourth-order valence-corrected chi connectivity index (χ4v) is 2.66. The highest BCUT2D eigenvalue weighted by Crippen LogP contribution is 2.30. The van der Waals surface area contributed by atoms with Crippen molar-refractivity contribution in [3.8, 4) is 0 Å². The number of aromatic nitrogens is 1. The van der Waals surface area contributed by atoms with Crippen LogP contribution in [0.4, 0.5) is 11.4 Å². The van der Waals surface area contributed by atoms with Crippen LogP contribution in [-0.2, 0) is 6.54 Å². The number of anilines is 1. The van der Waals surface area contributed by atoms with E-state index in [9.17, 15) is 10.1 Å². The summed E-state index contributed by atoms with van der Waals surface area (Å²) in [6.45, 7) is 2.27. The number of aryl methyl sites for hydroxylation is 1. The van der Waals surface area contributed by atoms with Gasteiger partial charge in [-0.05, 0) is 28.9 Å². The summed E-state index contributed by atoms with van der Waals surface area (Å²) in [5.74, 6) is 0. The maximum Gasteiger partial charge on any atom is 0.274 e. The molecule has 0 atom stereocenters. The molecule has 1 aromatic carbocycles. The van der Waals surface area contributed by atoms with E-state index < -0.39 is 0 Å². The van der Waals surface area contributed by atoms with Crippen molar-refractivity contribution in [2.24, 2.45) is 0 Å². The van der Waals surface area contributed by atoms with Gasteiger partial charge in [-0.2, -0.15) is 0 Å². The first-order valence-electron chi connectivity index (χ1n) is 5.14. The lowest BCUT2D eigenvalue weighted by atomic mass is 10.2. The minimum Gasteiger partial charge on any atom is -0.377 e. The second-order valence-electron chi connectivity index (χ2n) is 3.66. The van der Waals surface area contributed by atoms with E-state index in [1.54, 1.807) is 19.2 Å². The van der Waals surface area contributed by atoms with Gasteiger partial charge in [-0.1, -0.05) is 0 Å². The molecule has 0 fully saturated rings. The molecule has 2 aromatic rings. The molecule has 18 heavy (non-hydrogen) atoms. The molecule has 94 valence electrons. The number of hydrogen-bond donors (Lipinski definition) is 1. The van der Waals surface area contributed by atoms with Gasteiger partial charge >= 0.3 is 0 Å². The van der Waals surface area contributed by atoms with Gasteiger partial charge in [0.2, 0.25) is 0 Å². The third-order valence-electron chi connectivity index (χ3n) is 2.40. The standard InChI is InChI=1S/C11H10BrN3O2S/c1-7-4-8(12)9(5-10(7)15(16)17)14-6-11-13-2-3-18-11/h2-5,14H,6H2,1H3. The SMILES string of the molecule is Cc1cc(Br)c(NCc2nccs2)cc1[N+](=O)[O-]. The summed E-state index contributed by atoms with van der Waals surface area (Å²) >= 11 is 4.93. The zero-order chi connectivity index (χ0) is 13.1. The van der Waals surface area contributed by atoms with Gasteiger partial charge in [0.25, 0.3) is 5.69 Å². The van der Waals surface area contributed by atoms with Gasteiger partial charge in [-0.15, -0.1) is 11.3 Å². The summed E-state index contributed by atoms with van der Waals surface area (Å²) in [5, 5.41) is 16.8. The molecule has 5 nitrogen and oxygen atoms in total. The van der Waals surface area contributed by atoms with Crippen molar-refractivity contribution in [1.29, 1.82) is 0 Å². The lowest BCUT2D eigenvalue weighted by Gasteiger charge is -2.08.